The van der Waals surface area contributed by atoms with Gasteiger partial charge in [0.2, 0.25) is 0 Å². The molecule has 3 nitrogen and oxygen atoms in total. The highest BCUT2D eigenvalue weighted by Crippen LogP contribution is 2.22. The molecule has 0 saturated carbocycles. The molecule has 74 valence electrons. The van der Waals surface area contributed by atoms with E-state index in [4.69, 9.17) is 5.26 Å². The zero-order valence-corrected chi connectivity index (χ0v) is 8.11. The van der Waals surface area contributed by atoms with Crippen molar-refractivity contribution in [1.82, 2.24) is 9.78 Å². The molecule has 0 aliphatic carbocycles. The van der Waals surface area contributed by atoms with Gasteiger partial charge >= 0.3 is 0 Å². The molecule has 0 unspecified atom stereocenters. The van der Waals surface area contributed by atoms with Crippen LogP contribution in [0.3, 0.4) is 0 Å². The Morgan fingerprint density at radius 1 is 1.40 bits per heavy atom. The molecule has 2 aromatic rings. The summed E-state index contributed by atoms with van der Waals surface area (Å²) in [5.74, 6) is -0.315. The molecular weight excluding hydrogens is 193 g/mol. The SMILES string of the molecule is Cn1nc(C#N)cc1-c1ccccc1F. The first-order chi connectivity index (χ1) is 7.22. The van der Waals surface area contributed by atoms with Crippen LogP contribution in [0.2, 0.25) is 0 Å². The monoisotopic (exact) mass is 201 g/mol. The zero-order chi connectivity index (χ0) is 10.8. The van der Waals surface area contributed by atoms with E-state index in [1.165, 1.54) is 10.7 Å². The molecule has 0 atom stereocenters. The predicted molar refractivity (Wildman–Crippen MR) is 53.3 cm³/mol. The second kappa shape index (κ2) is 3.54. The summed E-state index contributed by atoms with van der Waals surface area (Å²) < 4.78 is 14.9. The van der Waals surface area contributed by atoms with E-state index >= 15 is 0 Å². The summed E-state index contributed by atoms with van der Waals surface area (Å²) in [6.07, 6.45) is 0. The van der Waals surface area contributed by atoms with E-state index in [-0.39, 0.29) is 11.5 Å². The Bertz CT molecular complexity index is 537. The first-order valence-corrected chi connectivity index (χ1v) is 4.41. The maximum atomic E-state index is 13.4. The van der Waals surface area contributed by atoms with Gasteiger partial charge in [-0.25, -0.2) is 4.39 Å². The Morgan fingerprint density at radius 3 is 2.73 bits per heavy atom. The number of benzene rings is 1. The summed E-state index contributed by atoms with van der Waals surface area (Å²) in [4.78, 5) is 0. The first-order valence-electron chi connectivity index (χ1n) is 4.41. The van der Waals surface area contributed by atoms with Crippen molar-refractivity contribution in [3.63, 3.8) is 0 Å². The number of rotatable bonds is 1. The van der Waals surface area contributed by atoms with Gasteiger partial charge in [-0.15, -0.1) is 0 Å². The average molecular weight is 201 g/mol. The average Bonchev–Trinajstić information content (AvgIpc) is 2.60. The van der Waals surface area contributed by atoms with Gasteiger partial charge in [-0.2, -0.15) is 10.4 Å². The summed E-state index contributed by atoms with van der Waals surface area (Å²) in [5.41, 5.74) is 1.34. The van der Waals surface area contributed by atoms with Gasteiger partial charge < -0.3 is 0 Å². The summed E-state index contributed by atoms with van der Waals surface area (Å²) in [6.45, 7) is 0. The van der Waals surface area contributed by atoms with Crippen LogP contribution in [-0.4, -0.2) is 9.78 Å². The lowest BCUT2D eigenvalue weighted by Gasteiger charge is -2.02. The third-order valence-corrected chi connectivity index (χ3v) is 2.14. The topological polar surface area (TPSA) is 41.6 Å². The normalized spacial score (nSPS) is 9.93. The first kappa shape index (κ1) is 9.41. The van der Waals surface area contributed by atoms with Crippen LogP contribution < -0.4 is 0 Å². The van der Waals surface area contributed by atoms with Gasteiger partial charge in [-0.05, 0) is 12.1 Å². The van der Waals surface area contributed by atoms with Gasteiger partial charge in [0.15, 0.2) is 5.69 Å². The van der Waals surface area contributed by atoms with E-state index in [0.717, 1.165) is 0 Å². The minimum absolute atomic E-state index is 0.288. The number of aryl methyl sites for hydroxylation is 1. The van der Waals surface area contributed by atoms with Gasteiger partial charge in [0.25, 0.3) is 0 Å². The van der Waals surface area contributed by atoms with Crippen LogP contribution in [0.15, 0.2) is 30.3 Å². The quantitative estimate of drug-likeness (QED) is 0.709. The molecule has 0 bridgehead atoms. The number of nitrogens with zero attached hydrogens (tertiary/aromatic N) is 3. The summed E-state index contributed by atoms with van der Waals surface area (Å²) in [6, 6.07) is 9.91. The fourth-order valence-corrected chi connectivity index (χ4v) is 1.44. The molecular formula is C11H8FN3. The second-order valence-electron chi connectivity index (χ2n) is 3.13. The molecule has 0 aliphatic heterocycles. The van der Waals surface area contributed by atoms with Crippen molar-refractivity contribution in [2.24, 2.45) is 7.05 Å². The van der Waals surface area contributed by atoms with Crippen molar-refractivity contribution in [3.05, 3.63) is 41.8 Å². The smallest absolute Gasteiger partial charge is 0.163 e. The highest BCUT2D eigenvalue weighted by molar-refractivity contribution is 5.61. The van der Waals surface area contributed by atoms with Crippen LogP contribution in [0.5, 0.6) is 0 Å². The third-order valence-electron chi connectivity index (χ3n) is 2.14. The molecule has 0 radical (unpaired) electrons. The molecule has 15 heavy (non-hydrogen) atoms. The standard InChI is InChI=1S/C11H8FN3/c1-15-11(6-8(7-13)14-15)9-4-2-3-5-10(9)12/h2-6H,1H3. The molecule has 0 N–H and O–H groups in total. The van der Waals surface area contributed by atoms with E-state index in [9.17, 15) is 4.39 Å². The molecule has 2 rings (SSSR count). The highest BCUT2D eigenvalue weighted by Gasteiger charge is 2.10. The van der Waals surface area contributed by atoms with Crippen molar-refractivity contribution >= 4 is 0 Å². The Hall–Kier alpha value is -2.15. The van der Waals surface area contributed by atoms with E-state index in [2.05, 4.69) is 5.10 Å². The van der Waals surface area contributed by atoms with Crippen LogP contribution >= 0.6 is 0 Å². The summed E-state index contributed by atoms with van der Waals surface area (Å²) in [5, 5.41) is 12.6. The number of halogens is 1. The maximum absolute atomic E-state index is 13.4. The van der Waals surface area contributed by atoms with Crippen LogP contribution in [0.1, 0.15) is 5.69 Å². The van der Waals surface area contributed by atoms with Crippen LogP contribution in [0.4, 0.5) is 4.39 Å². The van der Waals surface area contributed by atoms with Gasteiger partial charge in [0, 0.05) is 18.7 Å². The molecule has 1 heterocycles. The fourth-order valence-electron chi connectivity index (χ4n) is 1.44. The molecule has 0 aliphatic rings. The molecule has 0 saturated heterocycles. The third kappa shape index (κ3) is 1.59. The van der Waals surface area contributed by atoms with E-state index < -0.39 is 0 Å². The lowest BCUT2D eigenvalue weighted by molar-refractivity contribution is 0.628. The maximum Gasteiger partial charge on any atom is 0.163 e. The fraction of sp³-hybridized carbons (Fsp3) is 0.0909. The van der Waals surface area contributed by atoms with Crippen LogP contribution in [0, 0.1) is 17.1 Å². The van der Waals surface area contributed by atoms with Crippen LogP contribution in [0.25, 0.3) is 11.3 Å². The Kier molecular flexibility index (Phi) is 2.22. The van der Waals surface area contributed by atoms with Gasteiger partial charge in [-0.1, -0.05) is 12.1 Å². The van der Waals surface area contributed by atoms with Crippen LogP contribution in [-0.2, 0) is 7.05 Å². The minimum atomic E-state index is -0.315. The number of hydrogen-bond acceptors (Lipinski definition) is 2. The van der Waals surface area contributed by atoms with E-state index in [1.54, 1.807) is 31.3 Å². The molecule has 1 aromatic heterocycles. The molecule has 0 spiro atoms. The predicted octanol–water partition coefficient (Wildman–Crippen LogP) is 2.10. The Labute approximate surface area is 86.4 Å². The van der Waals surface area contributed by atoms with Gasteiger partial charge in [0.05, 0.1) is 5.69 Å². The minimum Gasteiger partial charge on any atom is -0.267 e. The van der Waals surface area contributed by atoms with Crippen molar-refractivity contribution < 1.29 is 4.39 Å². The van der Waals surface area contributed by atoms with Crippen molar-refractivity contribution in [2.45, 2.75) is 0 Å². The molecule has 1 aromatic carbocycles. The van der Waals surface area contributed by atoms with Gasteiger partial charge in [0.1, 0.15) is 11.9 Å². The van der Waals surface area contributed by atoms with Crippen molar-refractivity contribution in [1.29, 1.82) is 5.26 Å². The lowest BCUT2D eigenvalue weighted by Crippen LogP contribution is -1.95. The van der Waals surface area contributed by atoms with E-state index in [1.807, 2.05) is 6.07 Å². The number of hydrogen-bond donors (Lipinski definition) is 0. The second-order valence-corrected chi connectivity index (χ2v) is 3.13. The molecule has 0 amide bonds. The number of aromatic nitrogens is 2. The molecule has 4 heteroatoms. The Morgan fingerprint density at radius 2 is 2.13 bits per heavy atom. The highest BCUT2D eigenvalue weighted by atomic mass is 19.1. The largest absolute Gasteiger partial charge is 0.267 e. The summed E-state index contributed by atoms with van der Waals surface area (Å²) in [7, 11) is 1.68. The lowest BCUT2D eigenvalue weighted by atomic mass is 10.1. The Balaban J connectivity index is 2.60. The van der Waals surface area contributed by atoms with Crippen molar-refractivity contribution in [3.8, 4) is 17.3 Å². The summed E-state index contributed by atoms with van der Waals surface area (Å²) >= 11 is 0. The molecule has 0 fully saturated rings. The van der Waals surface area contributed by atoms with Crippen molar-refractivity contribution in [2.75, 3.05) is 0 Å². The number of nitriles is 1. The van der Waals surface area contributed by atoms with E-state index in [0.29, 0.717) is 11.3 Å². The zero-order valence-electron chi connectivity index (χ0n) is 8.11. The van der Waals surface area contributed by atoms with Gasteiger partial charge in [-0.3, -0.25) is 4.68 Å².